The zero-order chi connectivity index (χ0) is 14.2. The van der Waals surface area contributed by atoms with E-state index in [0.29, 0.717) is 0 Å². The molecule has 0 spiro atoms. The first-order chi connectivity index (χ1) is 9.83. The van der Waals surface area contributed by atoms with Crippen molar-refractivity contribution in [2.45, 2.75) is 39.2 Å². The second-order valence-corrected chi connectivity index (χ2v) is 5.19. The first kappa shape index (κ1) is 14.9. The van der Waals surface area contributed by atoms with Gasteiger partial charge in [-0.25, -0.2) is 0 Å². The zero-order valence-corrected chi connectivity index (χ0v) is 12.6. The molecule has 0 atom stereocenters. The van der Waals surface area contributed by atoms with E-state index in [-0.39, 0.29) is 0 Å². The highest BCUT2D eigenvalue weighted by Crippen LogP contribution is 2.20. The summed E-state index contributed by atoms with van der Waals surface area (Å²) in [6, 6.07) is 6.45. The number of aryl methyl sites for hydroxylation is 1. The molecule has 1 aromatic carbocycles. The summed E-state index contributed by atoms with van der Waals surface area (Å²) in [6.45, 7) is 4.06. The van der Waals surface area contributed by atoms with E-state index >= 15 is 0 Å². The number of methoxy groups -OCH3 is 1. The molecule has 0 radical (unpaired) electrons. The minimum Gasteiger partial charge on any atom is -0.496 e. The van der Waals surface area contributed by atoms with Crippen LogP contribution in [0.1, 0.15) is 37.3 Å². The van der Waals surface area contributed by atoms with Crippen molar-refractivity contribution in [3.63, 3.8) is 0 Å². The van der Waals surface area contributed by atoms with Gasteiger partial charge < -0.3 is 10.1 Å². The summed E-state index contributed by atoms with van der Waals surface area (Å²) < 4.78 is 5.43. The molecule has 1 aliphatic carbocycles. The Morgan fingerprint density at radius 3 is 2.85 bits per heavy atom. The third-order valence-electron chi connectivity index (χ3n) is 3.73. The molecule has 2 rings (SSSR count). The lowest BCUT2D eigenvalue weighted by atomic mass is 10.0. The first-order valence-electron chi connectivity index (χ1n) is 7.55. The molecule has 0 amide bonds. The normalized spacial score (nSPS) is 14.2. The SMILES string of the molecule is CCc1ccc(OC)c(CNCCC2=CCCC=C2)c1. The van der Waals surface area contributed by atoms with Gasteiger partial charge in [0.2, 0.25) is 0 Å². The van der Waals surface area contributed by atoms with Gasteiger partial charge in [0.05, 0.1) is 7.11 Å². The number of benzene rings is 1. The maximum Gasteiger partial charge on any atom is 0.123 e. The minimum absolute atomic E-state index is 0.869. The predicted octanol–water partition coefficient (Wildman–Crippen LogP) is 4.01. The number of hydrogen-bond acceptors (Lipinski definition) is 2. The third kappa shape index (κ3) is 4.24. The molecule has 1 N–H and O–H groups in total. The van der Waals surface area contributed by atoms with Gasteiger partial charge in [-0.05, 0) is 43.9 Å². The number of allylic oxidation sites excluding steroid dienone is 3. The van der Waals surface area contributed by atoms with Gasteiger partial charge in [-0.1, -0.05) is 42.9 Å². The monoisotopic (exact) mass is 271 g/mol. The number of hydrogen-bond donors (Lipinski definition) is 1. The summed E-state index contributed by atoms with van der Waals surface area (Å²) in [5.74, 6) is 0.978. The maximum absolute atomic E-state index is 5.43. The molecular weight excluding hydrogens is 246 g/mol. The van der Waals surface area contributed by atoms with Crippen LogP contribution >= 0.6 is 0 Å². The summed E-state index contributed by atoms with van der Waals surface area (Å²) >= 11 is 0. The van der Waals surface area contributed by atoms with Gasteiger partial charge in [0.15, 0.2) is 0 Å². The Hall–Kier alpha value is -1.54. The molecule has 0 bridgehead atoms. The minimum atomic E-state index is 0.869. The van der Waals surface area contributed by atoms with Gasteiger partial charge in [0.25, 0.3) is 0 Å². The highest BCUT2D eigenvalue weighted by atomic mass is 16.5. The van der Waals surface area contributed by atoms with E-state index in [1.165, 1.54) is 29.5 Å². The van der Waals surface area contributed by atoms with E-state index in [4.69, 9.17) is 4.74 Å². The molecule has 0 heterocycles. The third-order valence-corrected chi connectivity index (χ3v) is 3.73. The average Bonchev–Trinajstić information content (AvgIpc) is 2.52. The maximum atomic E-state index is 5.43. The van der Waals surface area contributed by atoms with Crippen LogP contribution in [0.3, 0.4) is 0 Å². The lowest BCUT2D eigenvalue weighted by Gasteiger charge is -2.12. The van der Waals surface area contributed by atoms with Crippen molar-refractivity contribution in [2.75, 3.05) is 13.7 Å². The second-order valence-electron chi connectivity index (χ2n) is 5.19. The quantitative estimate of drug-likeness (QED) is 0.756. The summed E-state index contributed by atoms with van der Waals surface area (Å²) in [6.07, 6.45) is 11.4. The fourth-order valence-corrected chi connectivity index (χ4v) is 2.50. The molecule has 1 aromatic rings. The predicted molar refractivity (Wildman–Crippen MR) is 85.2 cm³/mol. The second kappa shape index (κ2) is 7.91. The molecule has 2 nitrogen and oxygen atoms in total. The topological polar surface area (TPSA) is 21.3 Å². The summed E-state index contributed by atoms with van der Waals surface area (Å²) in [7, 11) is 1.74. The number of nitrogens with one attached hydrogen (secondary N) is 1. The van der Waals surface area contributed by atoms with E-state index in [9.17, 15) is 0 Å². The van der Waals surface area contributed by atoms with Crippen LogP contribution < -0.4 is 10.1 Å². The number of ether oxygens (including phenoxy) is 1. The van der Waals surface area contributed by atoms with Crippen LogP contribution in [-0.4, -0.2) is 13.7 Å². The van der Waals surface area contributed by atoms with Crippen molar-refractivity contribution >= 4 is 0 Å². The van der Waals surface area contributed by atoms with Crippen molar-refractivity contribution in [3.8, 4) is 5.75 Å². The molecule has 1 aliphatic rings. The molecule has 0 aromatic heterocycles. The average molecular weight is 271 g/mol. The van der Waals surface area contributed by atoms with Gasteiger partial charge >= 0.3 is 0 Å². The smallest absolute Gasteiger partial charge is 0.123 e. The van der Waals surface area contributed by atoms with Gasteiger partial charge in [0.1, 0.15) is 5.75 Å². The molecular formula is C18H25NO. The summed E-state index contributed by atoms with van der Waals surface area (Å²) in [5.41, 5.74) is 4.07. The molecule has 2 heteroatoms. The van der Waals surface area contributed by atoms with Crippen molar-refractivity contribution in [3.05, 3.63) is 53.1 Å². The van der Waals surface area contributed by atoms with Crippen LogP contribution in [0.5, 0.6) is 5.75 Å². The highest BCUT2D eigenvalue weighted by Gasteiger charge is 2.04. The lowest BCUT2D eigenvalue weighted by molar-refractivity contribution is 0.407. The van der Waals surface area contributed by atoms with Crippen LogP contribution in [0.2, 0.25) is 0 Å². The van der Waals surface area contributed by atoms with Gasteiger partial charge in [-0.2, -0.15) is 0 Å². The van der Waals surface area contributed by atoms with Gasteiger partial charge in [-0.15, -0.1) is 0 Å². The fraction of sp³-hybridized carbons (Fsp3) is 0.444. The van der Waals surface area contributed by atoms with E-state index in [2.05, 4.69) is 48.7 Å². The van der Waals surface area contributed by atoms with Crippen molar-refractivity contribution in [1.29, 1.82) is 0 Å². The van der Waals surface area contributed by atoms with Crippen LogP contribution in [0, 0.1) is 0 Å². The zero-order valence-electron chi connectivity index (χ0n) is 12.6. The number of rotatable bonds is 7. The van der Waals surface area contributed by atoms with E-state index < -0.39 is 0 Å². The Balaban J connectivity index is 1.83. The van der Waals surface area contributed by atoms with E-state index in [1.807, 2.05) is 0 Å². The Bertz CT molecular complexity index is 488. The summed E-state index contributed by atoms with van der Waals surface area (Å²) in [4.78, 5) is 0. The van der Waals surface area contributed by atoms with Crippen LogP contribution in [0.4, 0.5) is 0 Å². The Labute approximate surface area is 122 Å². The van der Waals surface area contributed by atoms with Crippen LogP contribution in [0.15, 0.2) is 42.0 Å². The Kier molecular flexibility index (Phi) is 5.87. The van der Waals surface area contributed by atoms with Crippen molar-refractivity contribution in [1.82, 2.24) is 5.32 Å². The molecule has 108 valence electrons. The lowest BCUT2D eigenvalue weighted by Crippen LogP contribution is -2.16. The largest absolute Gasteiger partial charge is 0.496 e. The Morgan fingerprint density at radius 2 is 2.15 bits per heavy atom. The van der Waals surface area contributed by atoms with Gasteiger partial charge in [0, 0.05) is 12.1 Å². The first-order valence-corrected chi connectivity index (χ1v) is 7.55. The molecule has 20 heavy (non-hydrogen) atoms. The van der Waals surface area contributed by atoms with Crippen LogP contribution in [0.25, 0.3) is 0 Å². The standard InChI is InChI=1S/C18H25NO/c1-3-15-9-10-18(20-2)17(13-15)14-19-12-11-16-7-5-4-6-8-16/h5,7-10,13,19H,3-4,6,11-12,14H2,1-2H3. The molecule has 0 aliphatic heterocycles. The summed E-state index contributed by atoms with van der Waals surface area (Å²) in [5, 5.41) is 3.52. The van der Waals surface area contributed by atoms with Crippen LogP contribution in [-0.2, 0) is 13.0 Å². The van der Waals surface area contributed by atoms with Gasteiger partial charge in [-0.3, -0.25) is 0 Å². The molecule has 0 saturated heterocycles. The van der Waals surface area contributed by atoms with E-state index in [0.717, 1.165) is 31.7 Å². The highest BCUT2D eigenvalue weighted by molar-refractivity contribution is 5.37. The van der Waals surface area contributed by atoms with Crippen molar-refractivity contribution in [2.24, 2.45) is 0 Å². The fourth-order valence-electron chi connectivity index (χ4n) is 2.50. The molecule has 0 fully saturated rings. The molecule has 0 saturated carbocycles. The van der Waals surface area contributed by atoms with Crippen molar-refractivity contribution < 1.29 is 4.74 Å². The molecule has 0 unspecified atom stereocenters. The Morgan fingerprint density at radius 1 is 1.25 bits per heavy atom. The van der Waals surface area contributed by atoms with E-state index in [1.54, 1.807) is 7.11 Å².